The number of hydrogen-bond acceptors (Lipinski definition) is 5. The van der Waals surface area contributed by atoms with Crippen molar-refractivity contribution in [3.8, 4) is 33.6 Å². The van der Waals surface area contributed by atoms with Crippen molar-refractivity contribution < 1.29 is 0 Å². The van der Waals surface area contributed by atoms with Crippen LogP contribution in [0.5, 0.6) is 0 Å². The molecule has 0 radical (unpaired) electrons. The molecule has 3 aliphatic heterocycles. The second-order valence-corrected chi connectivity index (χ2v) is 22.9. The third-order valence-corrected chi connectivity index (χ3v) is 19.7. The van der Waals surface area contributed by atoms with E-state index in [2.05, 4.69) is 264 Å². The van der Waals surface area contributed by atoms with Gasteiger partial charge in [0.2, 0.25) is 0 Å². The van der Waals surface area contributed by atoms with Crippen LogP contribution in [-0.2, 0) is 0 Å². The summed E-state index contributed by atoms with van der Waals surface area (Å²) in [5.74, 6) is 0. The van der Waals surface area contributed by atoms with Gasteiger partial charge in [0.1, 0.15) is 8.07 Å². The van der Waals surface area contributed by atoms with E-state index in [0.29, 0.717) is 0 Å². The summed E-state index contributed by atoms with van der Waals surface area (Å²) in [5, 5.41) is 4.30. The van der Waals surface area contributed by atoms with E-state index >= 15 is 0 Å². The fraction of sp³-hybridized carbons (Fsp3) is 0.0154. The van der Waals surface area contributed by atoms with Crippen LogP contribution in [-0.4, -0.2) is 24.8 Å². The van der Waals surface area contributed by atoms with Crippen LogP contribution in [0.15, 0.2) is 261 Å². The van der Waals surface area contributed by atoms with Gasteiger partial charge in [0.15, 0.2) is 0 Å². The standard InChI is InChI=1S/C65H46BN5Si/c1-72(50-28-12-5-13-29-50)61-37-20-35-57-64(61)66-63-59(70(57)55-33-16-14-30-51(55)53-32-18-19-40-67-53)43-49(69(47-24-8-3-9-25-47)48-26-10-4-11-27-48)44-60(63)71(58-36-21-38-62(72)65(58)66)56-34-17-15-31-52(56)54-42-46(39-41-68-54)45-22-6-2-7-23-45/h2-44H,1H3. The predicted molar refractivity (Wildman–Crippen MR) is 304 cm³/mol. The van der Waals surface area contributed by atoms with Crippen molar-refractivity contribution in [1.29, 1.82) is 0 Å². The summed E-state index contributed by atoms with van der Waals surface area (Å²) in [5.41, 5.74) is 20.3. The van der Waals surface area contributed by atoms with Crippen LogP contribution >= 0.6 is 0 Å². The fourth-order valence-electron chi connectivity index (χ4n) is 12.1. The van der Waals surface area contributed by atoms with Gasteiger partial charge in [0, 0.05) is 57.6 Å². The average Bonchev–Trinajstić information content (AvgIpc) is 3.46. The second-order valence-electron chi connectivity index (χ2n) is 19.0. The van der Waals surface area contributed by atoms with Crippen molar-refractivity contribution in [3.05, 3.63) is 261 Å². The normalized spacial score (nSPS) is 14.7. The van der Waals surface area contributed by atoms with Crippen LogP contribution in [0.4, 0.5) is 51.2 Å². The lowest BCUT2D eigenvalue weighted by molar-refractivity contribution is 1.22. The van der Waals surface area contributed by atoms with Gasteiger partial charge < -0.3 is 14.7 Å². The maximum absolute atomic E-state index is 5.16. The molecule has 0 bridgehead atoms. The molecule has 338 valence electrons. The summed E-state index contributed by atoms with van der Waals surface area (Å²) in [4.78, 5) is 17.7. The second kappa shape index (κ2) is 16.8. The Bertz CT molecular complexity index is 3820. The molecule has 1 atom stereocenters. The molecule has 5 heterocycles. The smallest absolute Gasteiger partial charge is 0.251 e. The minimum absolute atomic E-state index is 0.0474. The Morgan fingerprint density at radius 1 is 0.361 bits per heavy atom. The summed E-state index contributed by atoms with van der Waals surface area (Å²) in [7, 11) is -2.70. The Kier molecular flexibility index (Phi) is 9.79. The first-order chi connectivity index (χ1) is 35.6. The van der Waals surface area contributed by atoms with E-state index in [1.54, 1.807) is 0 Å². The first kappa shape index (κ1) is 41.9. The topological polar surface area (TPSA) is 35.5 Å². The highest BCUT2D eigenvalue weighted by Crippen LogP contribution is 2.51. The van der Waals surface area contributed by atoms with Crippen molar-refractivity contribution in [1.82, 2.24) is 9.97 Å². The zero-order chi connectivity index (χ0) is 47.8. The zero-order valence-corrected chi connectivity index (χ0v) is 40.6. The highest BCUT2D eigenvalue weighted by molar-refractivity contribution is 7.21. The number of anilines is 9. The number of rotatable bonds is 9. The summed E-state index contributed by atoms with van der Waals surface area (Å²) in [6.07, 6.45) is 3.86. The first-order valence-corrected chi connectivity index (χ1v) is 27.3. The molecule has 11 aromatic rings. The number of hydrogen-bond donors (Lipinski definition) is 0. The third kappa shape index (κ3) is 6.41. The van der Waals surface area contributed by atoms with Gasteiger partial charge in [0.25, 0.3) is 6.71 Å². The van der Waals surface area contributed by atoms with Gasteiger partial charge in [0.05, 0.1) is 28.5 Å². The molecule has 0 saturated carbocycles. The van der Waals surface area contributed by atoms with Crippen LogP contribution in [0.25, 0.3) is 33.6 Å². The Labute approximate surface area is 421 Å². The van der Waals surface area contributed by atoms with E-state index in [1.165, 1.54) is 43.3 Å². The SMILES string of the molecule is C[Si]1(c2ccccc2)c2cccc3c2B2c4c(cc(N(c5ccccc5)c5ccccc5)cc4N(c4ccccc4-c4cc(-c5ccccc5)ccn4)c4cccc1c42)N3c1ccccc1-c1ccccn1. The van der Waals surface area contributed by atoms with Gasteiger partial charge in [-0.05, 0) is 118 Å². The van der Waals surface area contributed by atoms with E-state index in [1.807, 2.05) is 18.5 Å². The van der Waals surface area contributed by atoms with Crippen LogP contribution in [0.3, 0.4) is 0 Å². The van der Waals surface area contributed by atoms with Gasteiger partial charge >= 0.3 is 0 Å². The van der Waals surface area contributed by atoms with Crippen molar-refractivity contribution >= 4 is 97.9 Å². The fourth-order valence-corrected chi connectivity index (χ4v) is 16.4. The minimum atomic E-state index is -2.70. The van der Waals surface area contributed by atoms with Gasteiger partial charge in [-0.2, -0.15) is 0 Å². The number of nitrogens with zero attached hydrogens (tertiary/aromatic N) is 5. The van der Waals surface area contributed by atoms with E-state index in [9.17, 15) is 0 Å². The number of aromatic nitrogens is 2. The summed E-state index contributed by atoms with van der Waals surface area (Å²) in [6.45, 7) is 2.53. The molecule has 7 heteroatoms. The molecular weight excluding hydrogens is 890 g/mol. The molecule has 2 aromatic heterocycles. The Morgan fingerprint density at radius 2 is 0.847 bits per heavy atom. The van der Waals surface area contributed by atoms with Crippen molar-refractivity contribution in [3.63, 3.8) is 0 Å². The lowest BCUT2D eigenvalue weighted by Gasteiger charge is -2.51. The van der Waals surface area contributed by atoms with Crippen LogP contribution in [0.1, 0.15) is 0 Å². The van der Waals surface area contributed by atoms with Gasteiger partial charge in [-0.3, -0.25) is 9.97 Å². The molecular formula is C65H46BN5Si. The minimum Gasteiger partial charge on any atom is -0.311 e. The van der Waals surface area contributed by atoms with E-state index in [-0.39, 0.29) is 6.71 Å². The van der Waals surface area contributed by atoms with Crippen molar-refractivity contribution in [2.75, 3.05) is 14.7 Å². The molecule has 5 nitrogen and oxygen atoms in total. The molecule has 0 fully saturated rings. The predicted octanol–water partition coefficient (Wildman–Crippen LogP) is 12.4. The van der Waals surface area contributed by atoms with Crippen molar-refractivity contribution in [2.24, 2.45) is 0 Å². The van der Waals surface area contributed by atoms with Crippen LogP contribution in [0, 0.1) is 0 Å². The molecule has 72 heavy (non-hydrogen) atoms. The Hall–Kier alpha value is -9.04. The third-order valence-electron chi connectivity index (χ3n) is 15.2. The molecule has 3 aliphatic rings. The number of para-hydroxylation sites is 4. The molecule has 9 aromatic carbocycles. The molecule has 0 amide bonds. The molecule has 0 N–H and O–H groups in total. The van der Waals surface area contributed by atoms with Crippen LogP contribution < -0.4 is 46.6 Å². The van der Waals surface area contributed by atoms with E-state index in [4.69, 9.17) is 9.97 Å². The van der Waals surface area contributed by atoms with Crippen molar-refractivity contribution in [2.45, 2.75) is 6.55 Å². The summed E-state index contributed by atoms with van der Waals surface area (Å²) < 4.78 is 0. The maximum atomic E-state index is 5.16. The quantitative estimate of drug-likeness (QED) is 0.135. The summed E-state index contributed by atoms with van der Waals surface area (Å²) in [6, 6.07) is 91.0. The highest BCUT2D eigenvalue weighted by atomic mass is 28.3. The molecule has 0 spiro atoms. The lowest BCUT2D eigenvalue weighted by atomic mass is 9.33. The Balaban J connectivity index is 1.13. The van der Waals surface area contributed by atoms with Gasteiger partial charge in [-0.15, -0.1) is 0 Å². The monoisotopic (exact) mass is 935 g/mol. The number of benzene rings is 9. The molecule has 1 unspecified atom stereocenters. The molecule has 0 saturated heterocycles. The largest absolute Gasteiger partial charge is 0.311 e. The first-order valence-electron chi connectivity index (χ1n) is 24.8. The van der Waals surface area contributed by atoms with Crippen LogP contribution in [0.2, 0.25) is 6.55 Å². The zero-order valence-electron chi connectivity index (χ0n) is 39.6. The average molecular weight is 936 g/mol. The summed E-state index contributed by atoms with van der Waals surface area (Å²) >= 11 is 0. The molecule has 14 rings (SSSR count). The highest BCUT2D eigenvalue weighted by Gasteiger charge is 2.54. The van der Waals surface area contributed by atoms with E-state index in [0.717, 1.165) is 73.5 Å². The van der Waals surface area contributed by atoms with Gasteiger partial charge in [-0.25, -0.2) is 0 Å². The van der Waals surface area contributed by atoms with E-state index < -0.39 is 8.07 Å². The van der Waals surface area contributed by atoms with Gasteiger partial charge in [-0.1, -0.05) is 181 Å². The molecule has 0 aliphatic carbocycles. The maximum Gasteiger partial charge on any atom is 0.251 e. The Morgan fingerprint density at radius 3 is 1.42 bits per heavy atom. The number of pyridine rings is 2. The lowest BCUT2D eigenvalue weighted by Crippen LogP contribution is -2.83.